The van der Waals surface area contributed by atoms with E-state index in [4.69, 9.17) is 21.4 Å². The number of hydrogen-bond donors (Lipinski definition) is 2. The normalized spacial score (nSPS) is 13.4. The molecule has 0 aliphatic heterocycles. The highest BCUT2D eigenvalue weighted by molar-refractivity contribution is 6.30. The number of carbonyl (C=O) groups is 2. The van der Waals surface area contributed by atoms with Crippen LogP contribution >= 0.6 is 11.6 Å². The lowest BCUT2D eigenvalue weighted by Crippen LogP contribution is -2.46. The van der Waals surface area contributed by atoms with E-state index in [2.05, 4.69) is 5.32 Å². The van der Waals surface area contributed by atoms with E-state index in [9.17, 15) is 9.59 Å². The van der Waals surface area contributed by atoms with E-state index in [1.807, 2.05) is 30.3 Å². The topological polar surface area (TPSA) is 75.6 Å². The summed E-state index contributed by atoms with van der Waals surface area (Å²) in [5.74, 6) is -1.18. The number of carboxylic acid groups (broad SMARTS) is 1. The maximum Gasteiger partial charge on any atom is 0.407 e. The number of rotatable bonds is 6. The van der Waals surface area contributed by atoms with E-state index in [1.165, 1.54) is 0 Å². The summed E-state index contributed by atoms with van der Waals surface area (Å²) in [6, 6.07) is 8.46. The van der Waals surface area contributed by atoms with E-state index in [0.29, 0.717) is 6.42 Å². The van der Waals surface area contributed by atoms with Gasteiger partial charge < -0.3 is 15.2 Å². The Morgan fingerprint density at radius 1 is 1.37 bits per heavy atom. The van der Waals surface area contributed by atoms with Crippen LogP contribution in [0.1, 0.15) is 12.5 Å². The van der Waals surface area contributed by atoms with Crippen molar-refractivity contribution in [3.05, 3.63) is 35.9 Å². The first-order chi connectivity index (χ1) is 9.04. The summed E-state index contributed by atoms with van der Waals surface area (Å²) in [6.45, 7) is 1.88. The molecule has 0 aromatic heterocycles. The van der Waals surface area contributed by atoms with Gasteiger partial charge in [-0.05, 0) is 18.9 Å². The number of halogens is 1. The zero-order valence-electron chi connectivity index (χ0n) is 10.5. The Morgan fingerprint density at radius 2 is 2.00 bits per heavy atom. The smallest absolute Gasteiger partial charge is 0.407 e. The molecule has 1 aromatic rings. The highest BCUT2D eigenvalue weighted by Crippen LogP contribution is 2.11. The first-order valence-electron chi connectivity index (χ1n) is 5.88. The minimum Gasteiger partial charge on any atom is -0.480 e. The van der Waals surface area contributed by atoms with E-state index in [-0.39, 0.29) is 6.61 Å². The van der Waals surface area contributed by atoms with Gasteiger partial charge in [0.05, 0.1) is 12.6 Å². The van der Waals surface area contributed by atoms with Crippen LogP contribution in [0.4, 0.5) is 4.79 Å². The minimum atomic E-state index is -1.22. The monoisotopic (exact) mass is 285 g/mol. The van der Waals surface area contributed by atoms with Crippen molar-refractivity contribution in [2.24, 2.45) is 0 Å². The van der Waals surface area contributed by atoms with Crippen LogP contribution in [-0.2, 0) is 16.0 Å². The van der Waals surface area contributed by atoms with Crippen molar-refractivity contribution < 1.29 is 19.4 Å². The second-order valence-electron chi connectivity index (χ2n) is 3.90. The molecule has 0 aliphatic rings. The molecule has 2 unspecified atom stereocenters. The van der Waals surface area contributed by atoms with Crippen molar-refractivity contribution >= 4 is 23.7 Å². The van der Waals surface area contributed by atoms with Gasteiger partial charge in [0.25, 0.3) is 0 Å². The van der Waals surface area contributed by atoms with Crippen molar-refractivity contribution in [2.45, 2.75) is 24.8 Å². The molecule has 1 aromatic carbocycles. The molecule has 0 radical (unpaired) electrons. The molecule has 1 amide bonds. The number of aliphatic carboxylic acids is 1. The van der Waals surface area contributed by atoms with Gasteiger partial charge in [-0.25, -0.2) is 4.79 Å². The van der Waals surface area contributed by atoms with E-state index in [1.54, 1.807) is 6.92 Å². The van der Waals surface area contributed by atoms with E-state index < -0.39 is 23.5 Å². The summed E-state index contributed by atoms with van der Waals surface area (Å²) in [7, 11) is 0. The fourth-order valence-electron chi connectivity index (χ4n) is 1.59. The molecule has 0 saturated heterocycles. The SMILES string of the molecule is CCOC(=O)NC(Cc1ccccc1)C(Cl)C(=O)O. The number of carboxylic acids is 1. The number of benzene rings is 1. The average Bonchev–Trinajstić information content (AvgIpc) is 2.38. The summed E-state index contributed by atoms with van der Waals surface area (Å²) in [5, 5.41) is 10.2. The Kier molecular flexibility index (Phi) is 6.15. The Balaban J connectivity index is 2.74. The maximum atomic E-state index is 11.4. The summed E-state index contributed by atoms with van der Waals surface area (Å²) >= 11 is 5.81. The predicted molar refractivity (Wildman–Crippen MR) is 71.4 cm³/mol. The van der Waals surface area contributed by atoms with Crippen LogP contribution in [-0.4, -0.2) is 35.2 Å². The molecule has 2 atom stereocenters. The number of carbonyl (C=O) groups excluding carboxylic acids is 1. The van der Waals surface area contributed by atoms with Gasteiger partial charge in [-0.3, -0.25) is 4.79 Å². The summed E-state index contributed by atoms with van der Waals surface area (Å²) in [6.07, 6.45) is -0.351. The van der Waals surface area contributed by atoms with Crippen molar-refractivity contribution in [3.63, 3.8) is 0 Å². The molecule has 0 bridgehead atoms. The Labute approximate surface area is 116 Å². The van der Waals surface area contributed by atoms with Gasteiger partial charge in [0.15, 0.2) is 5.38 Å². The van der Waals surface area contributed by atoms with Crippen molar-refractivity contribution in [3.8, 4) is 0 Å². The minimum absolute atomic E-state index is 0.212. The van der Waals surface area contributed by atoms with Crippen molar-refractivity contribution in [1.82, 2.24) is 5.32 Å². The van der Waals surface area contributed by atoms with Crippen molar-refractivity contribution in [1.29, 1.82) is 0 Å². The van der Waals surface area contributed by atoms with Crippen LogP contribution in [0.5, 0.6) is 0 Å². The first kappa shape index (κ1) is 15.3. The average molecular weight is 286 g/mol. The molecule has 0 aliphatic carbocycles. The molecular formula is C13H16ClNO4. The van der Waals surface area contributed by atoms with Gasteiger partial charge in [-0.15, -0.1) is 11.6 Å². The Bertz CT molecular complexity index is 424. The van der Waals surface area contributed by atoms with Gasteiger partial charge in [-0.1, -0.05) is 30.3 Å². The molecule has 0 fully saturated rings. The number of hydrogen-bond acceptors (Lipinski definition) is 3. The highest BCUT2D eigenvalue weighted by atomic mass is 35.5. The van der Waals surface area contributed by atoms with Crippen LogP contribution < -0.4 is 5.32 Å². The molecule has 19 heavy (non-hydrogen) atoms. The predicted octanol–water partition coefficient (Wildman–Crippen LogP) is 2.04. The molecule has 5 nitrogen and oxygen atoms in total. The van der Waals surface area contributed by atoms with Gasteiger partial charge >= 0.3 is 12.1 Å². The lowest BCUT2D eigenvalue weighted by Gasteiger charge is -2.20. The van der Waals surface area contributed by atoms with Gasteiger partial charge in [0, 0.05) is 0 Å². The largest absolute Gasteiger partial charge is 0.480 e. The van der Waals surface area contributed by atoms with E-state index in [0.717, 1.165) is 5.56 Å². The van der Waals surface area contributed by atoms with Crippen LogP contribution in [0.15, 0.2) is 30.3 Å². The Hall–Kier alpha value is -1.75. The lowest BCUT2D eigenvalue weighted by atomic mass is 10.0. The second-order valence-corrected chi connectivity index (χ2v) is 4.37. The number of ether oxygens (including phenoxy) is 1. The lowest BCUT2D eigenvalue weighted by molar-refractivity contribution is -0.137. The number of alkyl carbamates (subject to hydrolysis) is 1. The first-order valence-corrected chi connectivity index (χ1v) is 6.32. The highest BCUT2D eigenvalue weighted by Gasteiger charge is 2.28. The fourth-order valence-corrected chi connectivity index (χ4v) is 1.74. The quantitative estimate of drug-likeness (QED) is 0.784. The standard InChI is InChI=1S/C13H16ClNO4/c1-2-19-13(18)15-10(11(14)12(16)17)8-9-6-4-3-5-7-9/h3-7,10-11H,2,8H2,1H3,(H,15,18)(H,16,17). The van der Waals surface area contributed by atoms with Crippen LogP contribution in [0, 0.1) is 0 Å². The molecule has 0 heterocycles. The molecule has 0 saturated carbocycles. The van der Waals surface area contributed by atoms with Crippen LogP contribution in [0.3, 0.4) is 0 Å². The molecule has 2 N–H and O–H groups in total. The van der Waals surface area contributed by atoms with Crippen LogP contribution in [0.25, 0.3) is 0 Å². The van der Waals surface area contributed by atoms with Gasteiger partial charge in [0.2, 0.25) is 0 Å². The fraction of sp³-hybridized carbons (Fsp3) is 0.385. The molecule has 6 heteroatoms. The zero-order valence-corrected chi connectivity index (χ0v) is 11.3. The number of nitrogens with one attached hydrogen (secondary N) is 1. The van der Waals surface area contributed by atoms with Gasteiger partial charge in [-0.2, -0.15) is 0 Å². The summed E-state index contributed by atoms with van der Waals surface area (Å²) in [5.41, 5.74) is 0.885. The third kappa shape index (κ3) is 5.18. The van der Waals surface area contributed by atoms with E-state index >= 15 is 0 Å². The van der Waals surface area contributed by atoms with Crippen molar-refractivity contribution in [2.75, 3.05) is 6.61 Å². The number of alkyl halides is 1. The molecular weight excluding hydrogens is 270 g/mol. The van der Waals surface area contributed by atoms with Gasteiger partial charge in [0.1, 0.15) is 0 Å². The second kappa shape index (κ2) is 7.63. The summed E-state index contributed by atoms with van der Waals surface area (Å²) < 4.78 is 4.74. The number of amides is 1. The molecule has 1 rings (SSSR count). The maximum absolute atomic E-state index is 11.4. The Morgan fingerprint density at radius 3 is 2.53 bits per heavy atom. The summed E-state index contributed by atoms with van der Waals surface area (Å²) in [4.78, 5) is 22.3. The molecule has 104 valence electrons. The molecule has 0 spiro atoms. The third-order valence-corrected chi connectivity index (χ3v) is 2.96. The zero-order chi connectivity index (χ0) is 14.3. The van der Waals surface area contributed by atoms with Crippen LogP contribution in [0.2, 0.25) is 0 Å². The third-order valence-electron chi connectivity index (χ3n) is 2.47.